The molecule has 1 aliphatic heterocycles. The van der Waals surface area contributed by atoms with Gasteiger partial charge in [-0.05, 0) is 37.6 Å². The molecule has 1 atom stereocenters. The molecule has 0 spiro atoms. The number of rotatable bonds is 2. The van der Waals surface area contributed by atoms with Crippen LogP contribution in [0.3, 0.4) is 0 Å². The molecule has 2 heterocycles. The number of fused-ring (bicyclic) bond motifs is 1. The van der Waals surface area contributed by atoms with Crippen molar-refractivity contribution < 1.29 is 5.11 Å². The highest BCUT2D eigenvalue weighted by Gasteiger charge is 2.15. The van der Waals surface area contributed by atoms with Crippen molar-refractivity contribution >= 4 is 10.9 Å². The molecule has 2 aromatic rings. The van der Waals surface area contributed by atoms with Crippen LogP contribution in [0.1, 0.15) is 12.8 Å². The van der Waals surface area contributed by atoms with Crippen molar-refractivity contribution in [2.24, 2.45) is 0 Å². The van der Waals surface area contributed by atoms with Crippen molar-refractivity contribution in [1.29, 1.82) is 0 Å². The summed E-state index contributed by atoms with van der Waals surface area (Å²) >= 11 is 0. The van der Waals surface area contributed by atoms with E-state index in [1.165, 1.54) is 12.1 Å². The van der Waals surface area contributed by atoms with Gasteiger partial charge in [0.05, 0.1) is 17.2 Å². The van der Waals surface area contributed by atoms with Crippen LogP contribution in [0, 0.1) is 0 Å². The molecule has 1 saturated heterocycles. The third-order valence-corrected chi connectivity index (χ3v) is 3.39. The minimum atomic E-state index is -0.0930. The van der Waals surface area contributed by atoms with E-state index in [2.05, 4.69) is 10.3 Å². The van der Waals surface area contributed by atoms with Crippen molar-refractivity contribution in [3.05, 3.63) is 34.9 Å². The first-order chi connectivity index (χ1) is 8.74. The highest BCUT2D eigenvalue weighted by atomic mass is 16.3. The maximum atomic E-state index is 12.3. The zero-order valence-electron chi connectivity index (χ0n) is 9.97. The van der Waals surface area contributed by atoms with Crippen LogP contribution in [0.2, 0.25) is 0 Å². The van der Waals surface area contributed by atoms with Gasteiger partial charge in [0.1, 0.15) is 5.75 Å². The van der Waals surface area contributed by atoms with Gasteiger partial charge in [-0.25, -0.2) is 4.98 Å². The lowest BCUT2D eigenvalue weighted by Crippen LogP contribution is -2.32. The summed E-state index contributed by atoms with van der Waals surface area (Å²) in [4.78, 5) is 16.5. The molecule has 18 heavy (non-hydrogen) atoms. The van der Waals surface area contributed by atoms with Crippen LogP contribution in [0.5, 0.6) is 5.75 Å². The predicted molar refractivity (Wildman–Crippen MR) is 68.7 cm³/mol. The Morgan fingerprint density at radius 1 is 1.50 bits per heavy atom. The Labute approximate surface area is 104 Å². The Morgan fingerprint density at radius 2 is 2.39 bits per heavy atom. The average Bonchev–Trinajstić information content (AvgIpc) is 2.86. The number of nitrogens with zero attached hydrogens (tertiary/aromatic N) is 2. The Kier molecular flexibility index (Phi) is 2.76. The van der Waals surface area contributed by atoms with Gasteiger partial charge in [0.25, 0.3) is 5.56 Å². The lowest BCUT2D eigenvalue weighted by atomic mass is 10.2. The summed E-state index contributed by atoms with van der Waals surface area (Å²) in [5, 5.41) is 13.3. The summed E-state index contributed by atoms with van der Waals surface area (Å²) < 4.78 is 1.62. The average molecular weight is 245 g/mol. The Balaban J connectivity index is 2.02. The molecule has 94 valence electrons. The van der Waals surface area contributed by atoms with Crippen LogP contribution in [0.25, 0.3) is 10.9 Å². The number of aromatic nitrogens is 2. The van der Waals surface area contributed by atoms with Gasteiger partial charge in [-0.15, -0.1) is 0 Å². The summed E-state index contributed by atoms with van der Waals surface area (Å²) in [6.45, 7) is 1.65. The molecule has 1 unspecified atom stereocenters. The summed E-state index contributed by atoms with van der Waals surface area (Å²) in [6.07, 6.45) is 3.83. The number of hydrogen-bond donors (Lipinski definition) is 2. The first-order valence-corrected chi connectivity index (χ1v) is 6.15. The van der Waals surface area contributed by atoms with Crippen LogP contribution in [-0.4, -0.2) is 27.2 Å². The molecule has 1 fully saturated rings. The van der Waals surface area contributed by atoms with E-state index in [1.54, 1.807) is 17.0 Å². The fraction of sp³-hybridized carbons (Fsp3) is 0.385. The molecule has 3 rings (SSSR count). The number of phenols is 1. The first-order valence-electron chi connectivity index (χ1n) is 6.15. The number of hydrogen-bond acceptors (Lipinski definition) is 4. The van der Waals surface area contributed by atoms with Gasteiger partial charge in [0.2, 0.25) is 0 Å². The van der Waals surface area contributed by atoms with Crippen molar-refractivity contribution in [3.63, 3.8) is 0 Å². The highest BCUT2D eigenvalue weighted by molar-refractivity contribution is 5.78. The topological polar surface area (TPSA) is 67.1 Å². The molecule has 5 nitrogen and oxygen atoms in total. The lowest BCUT2D eigenvalue weighted by Gasteiger charge is -2.12. The van der Waals surface area contributed by atoms with Gasteiger partial charge in [-0.2, -0.15) is 0 Å². The predicted octanol–water partition coefficient (Wildman–Crippen LogP) is 0.854. The van der Waals surface area contributed by atoms with Crippen molar-refractivity contribution in [2.75, 3.05) is 6.54 Å². The third-order valence-electron chi connectivity index (χ3n) is 3.39. The monoisotopic (exact) mass is 245 g/mol. The van der Waals surface area contributed by atoms with E-state index in [0.717, 1.165) is 19.4 Å². The second kappa shape index (κ2) is 4.42. The van der Waals surface area contributed by atoms with Crippen molar-refractivity contribution in [1.82, 2.24) is 14.9 Å². The quantitative estimate of drug-likeness (QED) is 0.823. The molecule has 0 bridgehead atoms. The molecule has 0 aliphatic carbocycles. The van der Waals surface area contributed by atoms with Crippen LogP contribution >= 0.6 is 0 Å². The van der Waals surface area contributed by atoms with Gasteiger partial charge in [-0.3, -0.25) is 9.36 Å². The van der Waals surface area contributed by atoms with Gasteiger partial charge in [0.15, 0.2) is 0 Å². The summed E-state index contributed by atoms with van der Waals surface area (Å²) in [5.41, 5.74) is 0.526. The van der Waals surface area contributed by atoms with Gasteiger partial charge >= 0.3 is 0 Å². The van der Waals surface area contributed by atoms with Crippen LogP contribution in [-0.2, 0) is 6.54 Å². The van der Waals surface area contributed by atoms with Gasteiger partial charge < -0.3 is 10.4 Å². The maximum Gasteiger partial charge on any atom is 0.261 e. The van der Waals surface area contributed by atoms with E-state index in [9.17, 15) is 9.90 Å². The molecular weight excluding hydrogens is 230 g/mol. The Morgan fingerprint density at radius 3 is 3.17 bits per heavy atom. The van der Waals surface area contributed by atoms with E-state index < -0.39 is 0 Å². The minimum absolute atomic E-state index is 0.0930. The molecule has 5 heteroatoms. The second-order valence-electron chi connectivity index (χ2n) is 4.70. The molecule has 1 aromatic carbocycles. The number of aromatic hydroxyl groups is 1. The summed E-state index contributed by atoms with van der Waals surface area (Å²) in [6, 6.07) is 5.02. The Bertz CT molecular complexity index is 630. The zero-order chi connectivity index (χ0) is 12.5. The molecule has 0 amide bonds. The molecule has 1 aromatic heterocycles. The molecule has 0 radical (unpaired) electrons. The fourth-order valence-electron chi connectivity index (χ4n) is 2.43. The SMILES string of the molecule is O=c1c2cc(O)ccc2ncn1CC1CCCN1. The van der Waals surface area contributed by atoms with Gasteiger partial charge in [-0.1, -0.05) is 0 Å². The molecule has 0 saturated carbocycles. The molecular formula is C13H15N3O2. The highest BCUT2D eigenvalue weighted by Crippen LogP contribution is 2.15. The van der Waals surface area contributed by atoms with E-state index in [1.807, 2.05) is 0 Å². The van der Waals surface area contributed by atoms with Crippen LogP contribution in [0.4, 0.5) is 0 Å². The minimum Gasteiger partial charge on any atom is -0.508 e. The smallest absolute Gasteiger partial charge is 0.261 e. The third kappa shape index (κ3) is 1.97. The van der Waals surface area contributed by atoms with E-state index in [4.69, 9.17) is 0 Å². The van der Waals surface area contributed by atoms with Crippen molar-refractivity contribution in [2.45, 2.75) is 25.4 Å². The zero-order valence-corrected chi connectivity index (χ0v) is 9.97. The number of nitrogens with one attached hydrogen (secondary N) is 1. The lowest BCUT2D eigenvalue weighted by molar-refractivity contribution is 0.475. The largest absolute Gasteiger partial charge is 0.508 e. The standard InChI is InChI=1S/C13H15N3O2/c17-10-3-4-12-11(6-10)13(18)16(8-15-12)7-9-2-1-5-14-9/h3-4,6,8-9,14,17H,1-2,5,7H2. The second-order valence-corrected chi connectivity index (χ2v) is 4.70. The number of phenolic OH excluding ortho intramolecular Hbond substituents is 1. The maximum absolute atomic E-state index is 12.3. The van der Waals surface area contributed by atoms with Crippen molar-refractivity contribution in [3.8, 4) is 5.75 Å². The summed E-state index contributed by atoms with van der Waals surface area (Å²) in [7, 11) is 0. The van der Waals surface area contributed by atoms with E-state index in [-0.39, 0.29) is 11.3 Å². The summed E-state index contributed by atoms with van der Waals surface area (Å²) in [5.74, 6) is 0.0955. The Hall–Kier alpha value is -1.88. The molecule has 1 aliphatic rings. The van der Waals surface area contributed by atoms with E-state index in [0.29, 0.717) is 23.5 Å². The number of benzene rings is 1. The van der Waals surface area contributed by atoms with E-state index >= 15 is 0 Å². The van der Waals surface area contributed by atoms with Crippen LogP contribution in [0.15, 0.2) is 29.3 Å². The normalized spacial score (nSPS) is 19.4. The first kappa shape index (κ1) is 11.2. The fourth-order valence-corrected chi connectivity index (χ4v) is 2.43. The van der Waals surface area contributed by atoms with Gasteiger partial charge in [0, 0.05) is 12.6 Å². The van der Waals surface area contributed by atoms with Crippen LogP contribution < -0.4 is 10.9 Å². The molecule has 2 N–H and O–H groups in total.